The molecule has 0 aromatic heterocycles. The SMILES string of the molecule is Cc1ccc(CC(=O)C2(c3ccc4c(c3)CCO4)CC2)cc1-c1cc(C(=O)O)ccc1C.[HH]. The van der Waals surface area contributed by atoms with E-state index in [1.54, 1.807) is 12.1 Å². The summed E-state index contributed by atoms with van der Waals surface area (Å²) < 4.78 is 5.62. The first-order valence-corrected chi connectivity index (χ1v) is 11.1. The molecule has 32 heavy (non-hydrogen) atoms. The van der Waals surface area contributed by atoms with Crippen LogP contribution in [0.4, 0.5) is 0 Å². The van der Waals surface area contributed by atoms with E-state index in [0.29, 0.717) is 13.0 Å². The average Bonchev–Trinajstić information content (AvgIpc) is 3.46. The number of carboxylic acids is 1. The van der Waals surface area contributed by atoms with Crippen LogP contribution in [0.3, 0.4) is 0 Å². The number of ketones is 1. The monoisotopic (exact) mass is 428 g/mol. The van der Waals surface area contributed by atoms with Gasteiger partial charge in [-0.3, -0.25) is 4.79 Å². The third-order valence-electron chi connectivity index (χ3n) is 6.97. The summed E-state index contributed by atoms with van der Waals surface area (Å²) in [5, 5.41) is 9.40. The van der Waals surface area contributed by atoms with Gasteiger partial charge in [0.25, 0.3) is 0 Å². The second kappa shape index (κ2) is 7.63. The van der Waals surface area contributed by atoms with E-state index < -0.39 is 5.97 Å². The number of benzene rings is 3. The average molecular weight is 429 g/mol. The molecule has 4 heteroatoms. The maximum atomic E-state index is 13.4. The molecule has 2 aliphatic rings. The number of Topliss-reactive ketones (excluding diaryl/α,β-unsaturated/α-hetero) is 1. The molecule has 3 aromatic carbocycles. The Morgan fingerprint density at radius 2 is 1.69 bits per heavy atom. The lowest BCUT2D eigenvalue weighted by molar-refractivity contribution is -0.120. The minimum absolute atomic E-state index is 0. The summed E-state index contributed by atoms with van der Waals surface area (Å²) in [4.78, 5) is 24.9. The zero-order valence-electron chi connectivity index (χ0n) is 18.4. The first kappa shape index (κ1) is 20.5. The van der Waals surface area contributed by atoms with E-state index in [1.165, 1.54) is 5.56 Å². The highest BCUT2D eigenvalue weighted by atomic mass is 16.5. The molecule has 164 valence electrons. The van der Waals surface area contributed by atoms with E-state index >= 15 is 0 Å². The highest BCUT2D eigenvalue weighted by Gasteiger charge is 2.50. The fourth-order valence-electron chi connectivity index (χ4n) is 4.81. The largest absolute Gasteiger partial charge is 0.493 e. The van der Waals surface area contributed by atoms with Gasteiger partial charge in [0.05, 0.1) is 17.6 Å². The Kier molecular flexibility index (Phi) is 4.89. The lowest BCUT2D eigenvalue weighted by atomic mass is 9.86. The number of carboxylic acid groups (broad SMARTS) is 1. The Hall–Kier alpha value is -3.40. The molecule has 0 unspecified atom stereocenters. The second-order valence-corrected chi connectivity index (χ2v) is 9.09. The number of hydrogen-bond acceptors (Lipinski definition) is 3. The van der Waals surface area contributed by atoms with E-state index in [4.69, 9.17) is 4.74 Å². The first-order valence-electron chi connectivity index (χ1n) is 11.1. The predicted octanol–water partition coefficient (Wildman–Crippen LogP) is 5.69. The summed E-state index contributed by atoms with van der Waals surface area (Å²) in [6, 6.07) is 17.5. The zero-order chi connectivity index (χ0) is 22.5. The molecule has 0 atom stereocenters. The van der Waals surface area contributed by atoms with Crippen LogP contribution < -0.4 is 4.74 Å². The van der Waals surface area contributed by atoms with Crippen molar-refractivity contribution in [2.45, 2.75) is 44.9 Å². The summed E-state index contributed by atoms with van der Waals surface area (Å²) >= 11 is 0. The molecule has 1 aliphatic carbocycles. The summed E-state index contributed by atoms with van der Waals surface area (Å²) in [5.74, 6) is 0.256. The van der Waals surface area contributed by atoms with Gasteiger partial charge < -0.3 is 9.84 Å². The van der Waals surface area contributed by atoms with Crippen LogP contribution in [0.25, 0.3) is 11.1 Å². The Labute approximate surface area is 189 Å². The van der Waals surface area contributed by atoms with Crippen LogP contribution in [-0.2, 0) is 23.1 Å². The van der Waals surface area contributed by atoms with Crippen molar-refractivity contribution in [3.8, 4) is 16.9 Å². The lowest BCUT2D eigenvalue weighted by Gasteiger charge is -2.17. The predicted molar refractivity (Wildman–Crippen MR) is 126 cm³/mol. The molecule has 0 saturated heterocycles. The van der Waals surface area contributed by atoms with Gasteiger partial charge in [0.15, 0.2) is 0 Å². The van der Waals surface area contributed by atoms with Crippen molar-refractivity contribution in [2.75, 3.05) is 6.61 Å². The van der Waals surface area contributed by atoms with Crippen LogP contribution >= 0.6 is 0 Å². The van der Waals surface area contributed by atoms with Gasteiger partial charge in [-0.05, 0) is 83.8 Å². The van der Waals surface area contributed by atoms with Crippen LogP contribution in [0.5, 0.6) is 5.75 Å². The molecule has 4 nitrogen and oxygen atoms in total. The normalized spacial score (nSPS) is 15.7. The van der Waals surface area contributed by atoms with Gasteiger partial charge in [0.2, 0.25) is 0 Å². The maximum Gasteiger partial charge on any atom is 0.335 e. The van der Waals surface area contributed by atoms with Crippen LogP contribution in [0.2, 0.25) is 0 Å². The number of aryl methyl sites for hydroxylation is 2. The Morgan fingerprint density at radius 1 is 0.969 bits per heavy atom. The quantitative estimate of drug-likeness (QED) is 0.548. The summed E-state index contributed by atoms with van der Waals surface area (Å²) in [6.07, 6.45) is 3.07. The molecule has 1 aliphatic heterocycles. The van der Waals surface area contributed by atoms with Gasteiger partial charge in [0, 0.05) is 14.3 Å². The molecule has 0 bridgehead atoms. The van der Waals surface area contributed by atoms with Crippen LogP contribution in [-0.4, -0.2) is 23.5 Å². The van der Waals surface area contributed by atoms with Crippen molar-refractivity contribution >= 4 is 11.8 Å². The number of aromatic carboxylic acids is 1. The van der Waals surface area contributed by atoms with Crippen molar-refractivity contribution in [1.82, 2.24) is 0 Å². The van der Waals surface area contributed by atoms with Crippen LogP contribution in [0, 0.1) is 13.8 Å². The summed E-state index contributed by atoms with van der Waals surface area (Å²) in [5.41, 5.74) is 7.13. The second-order valence-electron chi connectivity index (χ2n) is 9.09. The number of hydrogen-bond donors (Lipinski definition) is 1. The molecule has 5 rings (SSSR count). The van der Waals surface area contributed by atoms with Crippen molar-refractivity contribution in [3.63, 3.8) is 0 Å². The van der Waals surface area contributed by atoms with Crippen molar-refractivity contribution in [1.29, 1.82) is 0 Å². The third kappa shape index (κ3) is 3.50. The number of carbonyl (C=O) groups is 2. The van der Waals surface area contributed by atoms with Crippen molar-refractivity contribution < 1.29 is 20.9 Å². The first-order chi connectivity index (χ1) is 15.4. The number of fused-ring (bicyclic) bond motifs is 1. The molecule has 1 fully saturated rings. The fraction of sp³-hybridized carbons (Fsp3) is 0.286. The number of rotatable bonds is 6. The Morgan fingerprint density at radius 3 is 2.41 bits per heavy atom. The van der Waals surface area contributed by atoms with Crippen molar-refractivity contribution in [3.05, 3.63) is 88.0 Å². The number of carbonyl (C=O) groups excluding carboxylic acids is 1. The molecule has 1 heterocycles. The van der Waals surface area contributed by atoms with E-state index in [0.717, 1.165) is 58.4 Å². The van der Waals surface area contributed by atoms with Crippen molar-refractivity contribution in [2.24, 2.45) is 0 Å². The molecule has 1 N–H and O–H groups in total. The van der Waals surface area contributed by atoms with Gasteiger partial charge in [-0.1, -0.05) is 36.4 Å². The smallest absolute Gasteiger partial charge is 0.335 e. The molecular formula is C28H28O4. The summed E-state index contributed by atoms with van der Waals surface area (Å²) in [7, 11) is 0. The van der Waals surface area contributed by atoms with Crippen LogP contribution in [0.15, 0.2) is 54.6 Å². The number of ether oxygens (including phenoxy) is 1. The third-order valence-corrected chi connectivity index (χ3v) is 6.97. The van der Waals surface area contributed by atoms with Gasteiger partial charge in [-0.15, -0.1) is 0 Å². The molecule has 3 aromatic rings. The minimum atomic E-state index is -0.939. The standard InChI is InChI=1S/C28H26O4.H2/c1-17-3-5-19(13-23(17)24-16-21(27(30)31)6-4-18(24)2)14-26(29)28(10-11-28)22-7-8-25-20(15-22)9-12-32-25;/h3-8,13,15-16H,9-12,14H2,1-2H3,(H,30,31);1H. The van der Waals surface area contributed by atoms with Gasteiger partial charge in [0.1, 0.15) is 11.5 Å². The van der Waals surface area contributed by atoms with E-state index in [9.17, 15) is 14.7 Å². The lowest BCUT2D eigenvalue weighted by Crippen LogP contribution is -2.22. The van der Waals surface area contributed by atoms with E-state index in [1.807, 2.05) is 44.2 Å². The zero-order valence-corrected chi connectivity index (χ0v) is 18.4. The van der Waals surface area contributed by atoms with Gasteiger partial charge >= 0.3 is 5.97 Å². The van der Waals surface area contributed by atoms with Crippen LogP contribution in [0.1, 0.15) is 52.4 Å². The highest BCUT2D eigenvalue weighted by Crippen LogP contribution is 2.50. The fourth-order valence-corrected chi connectivity index (χ4v) is 4.81. The molecule has 0 amide bonds. The van der Waals surface area contributed by atoms with E-state index in [2.05, 4.69) is 12.1 Å². The topological polar surface area (TPSA) is 63.6 Å². The highest BCUT2D eigenvalue weighted by molar-refractivity contribution is 5.95. The molecule has 0 radical (unpaired) electrons. The Balaban J connectivity index is 0.00000259. The van der Waals surface area contributed by atoms with Gasteiger partial charge in [-0.2, -0.15) is 0 Å². The molecular weight excluding hydrogens is 400 g/mol. The molecule has 0 spiro atoms. The Bertz CT molecular complexity index is 1260. The summed E-state index contributed by atoms with van der Waals surface area (Å²) in [6.45, 7) is 4.71. The minimum Gasteiger partial charge on any atom is -0.493 e. The maximum absolute atomic E-state index is 13.4. The van der Waals surface area contributed by atoms with Gasteiger partial charge in [-0.25, -0.2) is 4.79 Å². The molecule has 1 saturated carbocycles. The van der Waals surface area contributed by atoms with E-state index in [-0.39, 0.29) is 18.2 Å².